The largest absolute Gasteiger partial charge is 0.490 e. The van der Waals surface area contributed by atoms with Crippen LogP contribution < -0.4 is 14.8 Å². The summed E-state index contributed by atoms with van der Waals surface area (Å²) in [6.45, 7) is 3.77. The van der Waals surface area contributed by atoms with Crippen molar-refractivity contribution >= 4 is 27.3 Å². The molecule has 0 aliphatic carbocycles. The molecule has 2 N–H and O–H groups in total. The van der Waals surface area contributed by atoms with Gasteiger partial charge >= 0.3 is 0 Å². The zero-order valence-corrected chi connectivity index (χ0v) is 16.9. The molecule has 0 saturated heterocycles. The lowest BCUT2D eigenvalue weighted by Crippen LogP contribution is -2.16. The van der Waals surface area contributed by atoms with Gasteiger partial charge in [0.15, 0.2) is 0 Å². The number of ether oxygens (including phenoxy) is 1. The zero-order valence-electron chi connectivity index (χ0n) is 16.1. The molecule has 0 fully saturated rings. The van der Waals surface area contributed by atoms with Gasteiger partial charge in [-0.3, -0.25) is 9.52 Å². The summed E-state index contributed by atoms with van der Waals surface area (Å²) < 4.78 is 33.2. The average Bonchev–Trinajstić information content (AvgIpc) is 2.69. The highest BCUT2D eigenvalue weighted by Gasteiger charge is 2.16. The van der Waals surface area contributed by atoms with Gasteiger partial charge in [-0.15, -0.1) is 0 Å². The topological polar surface area (TPSA) is 84.5 Å². The van der Waals surface area contributed by atoms with Crippen LogP contribution in [0.5, 0.6) is 5.75 Å². The number of amides is 1. The average molecular weight is 410 g/mol. The molecule has 0 spiro atoms. The molecule has 0 heterocycles. The molecule has 0 radical (unpaired) electrons. The van der Waals surface area contributed by atoms with E-state index < -0.39 is 10.0 Å². The number of sulfonamides is 1. The van der Waals surface area contributed by atoms with Crippen molar-refractivity contribution in [2.24, 2.45) is 0 Å². The number of rotatable bonds is 7. The summed E-state index contributed by atoms with van der Waals surface area (Å²) in [5.74, 6) is 0.158. The number of benzene rings is 3. The van der Waals surface area contributed by atoms with E-state index in [4.69, 9.17) is 4.74 Å². The summed E-state index contributed by atoms with van der Waals surface area (Å²) in [5, 5.41) is 2.77. The molecule has 150 valence electrons. The standard InChI is InChI=1S/C22H22N2O4S/c1-16(2)28-21-11-7-6-10-20(21)22(25)23-17-12-14-19(15-13-17)29(26,27)24-18-8-4-3-5-9-18/h3-16,24H,1-2H3,(H,23,25). The van der Waals surface area contributed by atoms with Crippen molar-refractivity contribution in [3.63, 3.8) is 0 Å². The first kappa shape index (κ1) is 20.4. The summed E-state index contributed by atoms with van der Waals surface area (Å²) in [6, 6.07) is 21.6. The molecule has 3 aromatic rings. The Labute approximate surface area is 170 Å². The van der Waals surface area contributed by atoms with Crippen LogP contribution >= 0.6 is 0 Å². The van der Waals surface area contributed by atoms with Crippen molar-refractivity contribution in [2.75, 3.05) is 10.0 Å². The molecule has 0 atom stereocenters. The Balaban J connectivity index is 1.73. The van der Waals surface area contributed by atoms with Crippen molar-refractivity contribution in [3.8, 4) is 5.75 Å². The van der Waals surface area contributed by atoms with Crippen LogP contribution in [0.25, 0.3) is 0 Å². The molecule has 6 nitrogen and oxygen atoms in total. The van der Waals surface area contributed by atoms with Crippen LogP contribution in [-0.2, 0) is 10.0 Å². The van der Waals surface area contributed by atoms with E-state index in [2.05, 4.69) is 10.0 Å². The third-order valence-corrected chi connectivity index (χ3v) is 5.34. The van der Waals surface area contributed by atoms with Gasteiger partial charge in [0.25, 0.3) is 15.9 Å². The van der Waals surface area contributed by atoms with Gasteiger partial charge in [-0.2, -0.15) is 0 Å². The fourth-order valence-electron chi connectivity index (χ4n) is 2.65. The van der Waals surface area contributed by atoms with Crippen molar-refractivity contribution < 1.29 is 17.9 Å². The minimum Gasteiger partial charge on any atom is -0.490 e. The summed E-state index contributed by atoms with van der Waals surface area (Å²) in [4.78, 5) is 12.7. The normalized spacial score (nSPS) is 11.1. The maximum Gasteiger partial charge on any atom is 0.261 e. The molecule has 3 rings (SSSR count). The SMILES string of the molecule is CC(C)Oc1ccccc1C(=O)Nc1ccc(S(=O)(=O)Nc2ccccc2)cc1. The third-order valence-electron chi connectivity index (χ3n) is 3.94. The van der Waals surface area contributed by atoms with E-state index in [1.165, 1.54) is 12.1 Å². The van der Waals surface area contributed by atoms with Crippen LogP contribution in [0.4, 0.5) is 11.4 Å². The van der Waals surface area contributed by atoms with Gasteiger partial charge in [-0.25, -0.2) is 8.42 Å². The highest BCUT2D eigenvalue weighted by Crippen LogP contribution is 2.22. The zero-order chi connectivity index (χ0) is 20.9. The van der Waals surface area contributed by atoms with E-state index in [1.54, 1.807) is 66.7 Å². The van der Waals surface area contributed by atoms with Gasteiger partial charge in [0.2, 0.25) is 0 Å². The molecular weight excluding hydrogens is 388 g/mol. The fourth-order valence-corrected chi connectivity index (χ4v) is 3.71. The first-order valence-electron chi connectivity index (χ1n) is 9.10. The summed E-state index contributed by atoms with van der Waals surface area (Å²) in [7, 11) is -3.71. The molecule has 0 aliphatic rings. The summed E-state index contributed by atoms with van der Waals surface area (Å²) in [5.41, 5.74) is 1.36. The van der Waals surface area contributed by atoms with Crippen molar-refractivity contribution in [2.45, 2.75) is 24.8 Å². The fraction of sp³-hybridized carbons (Fsp3) is 0.136. The van der Waals surface area contributed by atoms with Crippen LogP contribution in [0.3, 0.4) is 0 Å². The van der Waals surface area contributed by atoms with E-state index in [0.29, 0.717) is 22.7 Å². The monoisotopic (exact) mass is 410 g/mol. The first-order valence-corrected chi connectivity index (χ1v) is 10.6. The van der Waals surface area contributed by atoms with Gasteiger partial charge in [0, 0.05) is 11.4 Å². The highest BCUT2D eigenvalue weighted by molar-refractivity contribution is 7.92. The molecular formula is C22H22N2O4S. The number of carbonyl (C=O) groups is 1. The van der Waals surface area contributed by atoms with Gasteiger partial charge in [0.05, 0.1) is 16.6 Å². The van der Waals surface area contributed by atoms with Crippen LogP contribution in [0, 0.1) is 0 Å². The molecule has 0 bridgehead atoms. The Kier molecular flexibility index (Phi) is 6.19. The number of anilines is 2. The second kappa shape index (κ2) is 8.79. The Morgan fingerprint density at radius 3 is 2.10 bits per heavy atom. The van der Waals surface area contributed by atoms with Crippen molar-refractivity contribution in [1.82, 2.24) is 0 Å². The van der Waals surface area contributed by atoms with Crippen LogP contribution in [0.15, 0.2) is 83.8 Å². The van der Waals surface area contributed by atoms with Crippen LogP contribution in [0.1, 0.15) is 24.2 Å². The van der Waals surface area contributed by atoms with E-state index in [0.717, 1.165) is 0 Å². The Bertz CT molecular complexity index is 1080. The van der Waals surface area contributed by atoms with Gasteiger partial charge < -0.3 is 10.1 Å². The van der Waals surface area contributed by atoms with Gasteiger partial charge in [-0.05, 0) is 62.4 Å². The van der Waals surface area contributed by atoms with Crippen molar-refractivity contribution in [3.05, 3.63) is 84.4 Å². The lowest BCUT2D eigenvalue weighted by Gasteiger charge is -2.14. The minimum absolute atomic E-state index is 0.0643. The minimum atomic E-state index is -3.71. The van der Waals surface area contributed by atoms with Crippen molar-refractivity contribution in [1.29, 1.82) is 0 Å². The quantitative estimate of drug-likeness (QED) is 0.599. The second-order valence-electron chi connectivity index (χ2n) is 6.61. The smallest absolute Gasteiger partial charge is 0.261 e. The predicted octanol–water partition coefficient (Wildman–Crippen LogP) is 4.53. The number of hydrogen-bond acceptors (Lipinski definition) is 4. The highest BCUT2D eigenvalue weighted by atomic mass is 32.2. The van der Waals surface area contributed by atoms with Gasteiger partial charge in [0.1, 0.15) is 5.75 Å². The maximum atomic E-state index is 12.6. The lowest BCUT2D eigenvalue weighted by atomic mass is 10.1. The number of nitrogens with one attached hydrogen (secondary N) is 2. The molecule has 7 heteroatoms. The van der Waals surface area contributed by atoms with Gasteiger partial charge in [-0.1, -0.05) is 30.3 Å². The Hall–Kier alpha value is -3.32. The molecule has 1 amide bonds. The molecule has 0 unspecified atom stereocenters. The lowest BCUT2D eigenvalue weighted by molar-refractivity contribution is 0.102. The number of carbonyl (C=O) groups excluding carboxylic acids is 1. The number of para-hydroxylation sites is 2. The molecule has 0 aliphatic heterocycles. The second-order valence-corrected chi connectivity index (χ2v) is 8.30. The van der Waals surface area contributed by atoms with E-state index in [-0.39, 0.29) is 16.9 Å². The summed E-state index contributed by atoms with van der Waals surface area (Å²) in [6.07, 6.45) is -0.0643. The van der Waals surface area contributed by atoms with Crippen LogP contribution in [0.2, 0.25) is 0 Å². The molecule has 3 aromatic carbocycles. The van der Waals surface area contributed by atoms with E-state index in [1.807, 2.05) is 13.8 Å². The molecule has 29 heavy (non-hydrogen) atoms. The van der Waals surface area contributed by atoms with Crippen LogP contribution in [-0.4, -0.2) is 20.4 Å². The Morgan fingerprint density at radius 1 is 0.828 bits per heavy atom. The first-order chi connectivity index (χ1) is 13.8. The Morgan fingerprint density at radius 2 is 1.45 bits per heavy atom. The molecule has 0 saturated carbocycles. The van der Waals surface area contributed by atoms with E-state index >= 15 is 0 Å². The summed E-state index contributed by atoms with van der Waals surface area (Å²) >= 11 is 0. The predicted molar refractivity (Wildman–Crippen MR) is 114 cm³/mol. The maximum absolute atomic E-state index is 12.6. The number of hydrogen-bond donors (Lipinski definition) is 2. The van der Waals surface area contributed by atoms with E-state index in [9.17, 15) is 13.2 Å². The molecule has 0 aromatic heterocycles. The third kappa shape index (κ3) is 5.36.